The van der Waals surface area contributed by atoms with E-state index in [1.54, 1.807) is 26.2 Å². The average Bonchev–Trinajstić information content (AvgIpc) is 2.90. The topological polar surface area (TPSA) is 64.4 Å². The normalized spacial score (nSPS) is 10.6. The lowest BCUT2D eigenvalue weighted by atomic mass is 10.1. The van der Waals surface area contributed by atoms with Crippen LogP contribution in [0.3, 0.4) is 0 Å². The summed E-state index contributed by atoms with van der Waals surface area (Å²) in [6.07, 6.45) is 0. The minimum atomic E-state index is -0.286. The first kappa shape index (κ1) is 13.2. The first-order valence-electron chi connectivity index (χ1n) is 6.49. The molecule has 0 aliphatic rings. The smallest absolute Gasteiger partial charge is 0.260 e. The van der Waals surface area contributed by atoms with Crippen LogP contribution in [0.1, 0.15) is 16.1 Å². The summed E-state index contributed by atoms with van der Waals surface area (Å²) >= 11 is 0. The Morgan fingerprint density at radius 2 is 1.90 bits per heavy atom. The maximum atomic E-state index is 12.4. The second-order valence-electron chi connectivity index (χ2n) is 4.68. The van der Waals surface area contributed by atoms with E-state index < -0.39 is 0 Å². The molecule has 5 nitrogen and oxygen atoms in total. The van der Waals surface area contributed by atoms with Crippen LogP contribution in [0.25, 0.3) is 10.8 Å². The molecule has 0 atom stereocenters. The molecule has 0 saturated carbocycles. The van der Waals surface area contributed by atoms with Gasteiger partial charge in [0.15, 0.2) is 5.82 Å². The average molecular weight is 282 g/mol. The molecule has 0 fully saturated rings. The Morgan fingerprint density at radius 1 is 1.19 bits per heavy atom. The molecule has 106 valence electrons. The van der Waals surface area contributed by atoms with Crippen LogP contribution in [0.5, 0.6) is 5.75 Å². The van der Waals surface area contributed by atoms with Gasteiger partial charge in [-0.1, -0.05) is 29.4 Å². The standard InChI is InChI=1S/C16H14N2O3/c1-10-7-15(18-21-10)17-16(19)13-8-11-5-3-4-6-12(11)9-14(13)20-2/h3-9H,1-2H3,(H,17,18,19). The lowest BCUT2D eigenvalue weighted by Crippen LogP contribution is -2.13. The number of anilines is 1. The Balaban J connectivity index is 1.99. The Kier molecular flexibility index (Phi) is 3.31. The van der Waals surface area contributed by atoms with E-state index in [-0.39, 0.29) is 5.91 Å². The van der Waals surface area contributed by atoms with Gasteiger partial charge in [0.2, 0.25) is 0 Å². The van der Waals surface area contributed by atoms with Crippen LogP contribution < -0.4 is 10.1 Å². The summed E-state index contributed by atoms with van der Waals surface area (Å²) in [7, 11) is 1.54. The molecule has 1 N–H and O–H groups in total. The summed E-state index contributed by atoms with van der Waals surface area (Å²) in [6, 6.07) is 13.1. The van der Waals surface area contributed by atoms with Crippen LogP contribution in [0, 0.1) is 6.92 Å². The van der Waals surface area contributed by atoms with Crippen LogP contribution in [0.4, 0.5) is 5.82 Å². The zero-order chi connectivity index (χ0) is 14.8. The highest BCUT2D eigenvalue weighted by molar-refractivity contribution is 6.08. The van der Waals surface area contributed by atoms with Crippen molar-refractivity contribution < 1.29 is 14.1 Å². The van der Waals surface area contributed by atoms with E-state index in [0.717, 1.165) is 10.8 Å². The highest BCUT2D eigenvalue weighted by Gasteiger charge is 2.15. The number of fused-ring (bicyclic) bond motifs is 1. The number of ether oxygens (including phenoxy) is 1. The lowest BCUT2D eigenvalue weighted by molar-refractivity contribution is 0.102. The highest BCUT2D eigenvalue weighted by Crippen LogP contribution is 2.26. The van der Waals surface area contributed by atoms with Crippen molar-refractivity contribution >= 4 is 22.5 Å². The largest absolute Gasteiger partial charge is 0.496 e. The van der Waals surface area contributed by atoms with Gasteiger partial charge >= 0.3 is 0 Å². The van der Waals surface area contributed by atoms with Crippen molar-refractivity contribution in [2.75, 3.05) is 12.4 Å². The summed E-state index contributed by atoms with van der Waals surface area (Å²) in [5.41, 5.74) is 0.455. The second-order valence-corrected chi connectivity index (χ2v) is 4.68. The van der Waals surface area contributed by atoms with E-state index in [4.69, 9.17) is 9.26 Å². The number of carbonyl (C=O) groups is 1. The number of carbonyl (C=O) groups excluding carboxylic acids is 1. The van der Waals surface area contributed by atoms with Crippen molar-refractivity contribution in [3.63, 3.8) is 0 Å². The van der Waals surface area contributed by atoms with Crippen LogP contribution in [0.2, 0.25) is 0 Å². The lowest BCUT2D eigenvalue weighted by Gasteiger charge is -2.09. The number of aryl methyl sites for hydroxylation is 1. The number of aromatic nitrogens is 1. The number of nitrogens with zero attached hydrogens (tertiary/aromatic N) is 1. The number of methoxy groups -OCH3 is 1. The van der Waals surface area contributed by atoms with Gasteiger partial charge in [-0.05, 0) is 29.8 Å². The molecule has 0 radical (unpaired) electrons. The maximum Gasteiger partial charge on any atom is 0.260 e. The SMILES string of the molecule is COc1cc2ccccc2cc1C(=O)Nc1cc(C)on1. The molecule has 2 aromatic carbocycles. The number of hydrogen-bond acceptors (Lipinski definition) is 4. The minimum Gasteiger partial charge on any atom is -0.496 e. The van der Waals surface area contributed by atoms with Crippen LogP contribution in [0.15, 0.2) is 47.0 Å². The molecule has 0 unspecified atom stereocenters. The molecule has 3 rings (SSSR count). The Labute approximate surface area is 121 Å². The summed E-state index contributed by atoms with van der Waals surface area (Å²) in [6.45, 7) is 1.76. The number of amides is 1. The van der Waals surface area contributed by atoms with Crippen molar-refractivity contribution in [2.45, 2.75) is 6.92 Å². The third kappa shape index (κ3) is 2.58. The second kappa shape index (κ2) is 5.28. The van der Waals surface area contributed by atoms with Gasteiger partial charge in [0.25, 0.3) is 5.91 Å². The monoisotopic (exact) mass is 282 g/mol. The molecule has 1 heterocycles. The van der Waals surface area contributed by atoms with E-state index >= 15 is 0 Å². The summed E-state index contributed by atoms with van der Waals surface area (Å²) in [4.78, 5) is 12.4. The van der Waals surface area contributed by atoms with Gasteiger partial charge in [0, 0.05) is 6.07 Å². The molecule has 0 bridgehead atoms. The molecule has 0 spiro atoms. The first-order chi connectivity index (χ1) is 10.2. The quantitative estimate of drug-likeness (QED) is 0.799. The van der Waals surface area contributed by atoms with Crippen molar-refractivity contribution in [2.24, 2.45) is 0 Å². The maximum absolute atomic E-state index is 12.4. The van der Waals surface area contributed by atoms with Gasteiger partial charge in [0.1, 0.15) is 11.5 Å². The van der Waals surface area contributed by atoms with Gasteiger partial charge in [0.05, 0.1) is 12.7 Å². The molecular formula is C16H14N2O3. The third-order valence-corrected chi connectivity index (χ3v) is 3.18. The fraction of sp³-hybridized carbons (Fsp3) is 0.125. The van der Waals surface area contributed by atoms with Crippen LogP contribution in [-0.2, 0) is 0 Å². The molecule has 5 heteroatoms. The highest BCUT2D eigenvalue weighted by atomic mass is 16.5. The Morgan fingerprint density at radius 3 is 2.52 bits per heavy atom. The molecule has 3 aromatic rings. The molecule has 21 heavy (non-hydrogen) atoms. The van der Waals surface area contributed by atoms with Crippen molar-refractivity contribution in [1.82, 2.24) is 5.16 Å². The van der Waals surface area contributed by atoms with Gasteiger partial charge in [-0.3, -0.25) is 4.79 Å². The van der Waals surface area contributed by atoms with Crippen molar-refractivity contribution in [3.8, 4) is 5.75 Å². The van der Waals surface area contributed by atoms with Gasteiger partial charge < -0.3 is 14.6 Å². The predicted octanol–water partition coefficient (Wildman–Crippen LogP) is 3.40. The molecule has 0 aliphatic carbocycles. The number of hydrogen-bond donors (Lipinski definition) is 1. The summed E-state index contributed by atoms with van der Waals surface area (Å²) < 4.78 is 10.2. The number of rotatable bonds is 3. The number of benzene rings is 2. The zero-order valence-corrected chi connectivity index (χ0v) is 11.7. The summed E-state index contributed by atoms with van der Waals surface area (Å²) in [5, 5.41) is 8.43. The summed E-state index contributed by atoms with van der Waals surface area (Å²) in [5.74, 6) is 1.25. The van der Waals surface area contributed by atoms with Crippen LogP contribution in [-0.4, -0.2) is 18.2 Å². The zero-order valence-electron chi connectivity index (χ0n) is 11.7. The van der Waals surface area contributed by atoms with E-state index in [0.29, 0.717) is 22.9 Å². The first-order valence-corrected chi connectivity index (χ1v) is 6.49. The van der Waals surface area contributed by atoms with Gasteiger partial charge in [-0.25, -0.2) is 0 Å². The van der Waals surface area contributed by atoms with Crippen molar-refractivity contribution in [1.29, 1.82) is 0 Å². The Bertz CT molecular complexity index is 808. The molecule has 0 saturated heterocycles. The molecular weight excluding hydrogens is 268 g/mol. The van der Waals surface area contributed by atoms with E-state index in [2.05, 4.69) is 10.5 Å². The minimum absolute atomic E-state index is 0.286. The fourth-order valence-electron chi connectivity index (χ4n) is 2.17. The molecule has 1 aromatic heterocycles. The molecule has 0 aliphatic heterocycles. The van der Waals surface area contributed by atoms with Crippen LogP contribution >= 0.6 is 0 Å². The Hall–Kier alpha value is -2.82. The van der Waals surface area contributed by atoms with E-state index in [1.165, 1.54) is 0 Å². The molecule has 1 amide bonds. The van der Waals surface area contributed by atoms with E-state index in [1.807, 2.05) is 30.3 Å². The predicted molar refractivity (Wildman–Crippen MR) is 79.7 cm³/mol. The van der Waals surface area contributed by atoms with E-state index in [9.17, 15) is 4.79 Å². The van der Waals surface area contributed by atoms with Crippen molar-refractivity contribution in [3.05, 3.63) is 53.8 Å². The number of nitrogens with one attached hydrogen (secondary N) is 1. The third-order valence-electron chi connectivity index (χ3n) is 3.18. The van der Waals surface area contributed by atoms with Gasteiger partial charge in [-0.15, -0.1) is 0 Å². The fourth-order valence-corrected chi connectivity index (χ4v) is 2.17. The van der Waals surface area contributed by atoms with Gasteiger partial charge in [-0.2, -0.15) is 0 Å².